The number of alkyl halides is 3. The molecular weight excluding hydrogens is 453 g/mol. The molecule has 9 nitrogen and oxygen atoms in total. The topological polar surface area (TPSA) is 82.9 Å². The fourth-order valence-electron chi connectivity index (χ4n) is 4.04. The maximum atomic E-state index is 13.3. The van der Waals surface area contributed by atoms with E-state index in [4.69, 9.17) is 4.84 Å². The number of hydrogen-bond acceptors (Lipinski definition) is 8. The van der Waals surface area contributed by atoms with E-state index in [2.05, 4.69) is 22.3 Å². The van der Waals surface area contributed by atoms with Gasteiger partial charge in [-0.1, -0.05) is 36.3 Å². The molecule has 1 atom stereocenters. The number of halogens is 3. The number of anilines is 2. The molecule has 180 valence electrons. The lowest BCUT2D eigenvalue weighted by molar-refractivity contribution is -0.203. The molecule has 4 rings (SSSR count). The minimum absolute atomic E-state index is 0.00617. The second-order valence-corrected chi connectivity index (χ2v) is 7.73. The molecule has 34 heavy (non-hydrogen) atoms. The fraction of sp³-hybridized carbons (Fsp3) is 0.409. The molecule has 0 amide bonds. The van der Waals surface area contributed by atoms with Crippen LogP contribution in [0, 0.1) is 11.8 Å². The SMILES string of the molecule is CC#CCN1c2c(c(-c3ccccc3)nn(C)c2=O)N(OC(=O)C(F)(F)F)C1N1CCNCC1. The van der Waals surface area contributed by atoms with Crippen LogP contribution in [0.1, 0.15) is 6.92 Å². The van der Waals surface area contributed by atoms with Crippen LogP contribution in [0.25, 0.3) is 11.3 Å². The van der Waals surface area contributed by atoms with Crippen molar-refractivity contribution in [3.63, 3.8) is 0 Å². The lowest BCUT2D eigenvalue weighted by Gasteiger charge is -2.40. The Hall–Kier alpha value is -3.56. The van der Waals surface area contributed by atoms with E-state index in [1.807, 2.05) is 4.90 Å². The van der Waals surface area contributed by atoms with E-state index < -0.39 is 24.0 Å². The van der Waals surface area contributed by atoms with Gasteiger partial charge in [-0.05, 0) is 6.92 Å². The second kappa shape index (κ2) is 9.36. The number of benzene rings is 1. The standard InChI is InChI=1S/C22H23F3N6O3/c1-3-4-12-30-18-17(16(27-28(2)19(18)32)15-8-6-5-7-9-15)31(34-20(33)22(23,24)25)21(30)29-13-10-26-11-14-29/h5-9,21,26H,10-14H2,1-2H3. The van der Waals surface area contributed by atoms with Gasteiger partial charge in [0.25, 0.3) is 5.56 Å². The van der Waals surface area contributed by atoms with Crippen molar-refractivity contribution in [3.8, 4) is 23.1 Å². The van der Waals surface area contributed by atoms with Crippen LogP contribution in [-0.2, 0) is 16.7 Å². The van der Waals surface area contributed by atoms with Crippen LogP contribution in [0.15, 0.2) is 35.1 Å². The third kappa shape index (κ3) is 4.32. The van der Waals surface area contributed by atoms with Crippen LogP contribution in [0.3, 0.4) is 0 Å². The van der Waals surface area contributed by atoms with Crippen molar-refractivity contribution < 1.29 is 22.8 Å². The van der Waals surface area contributed by atoms with Gasteiger partial charge in [0.05, 0.1) is 6.54 Å². The predicted molar refractivity (Wildman–Crippen MR) is 119 cm³/mol. The number of carbonyl (C=O) groups is 1. The molecule has 2 aliphatic heterocycles. The normalized spacial score (nSPS) is 18.3. The third-order valence-corrected chi connectivity index (χ3v) is 5.56. The number of rotatable bonds is 4. The van der Waals surface area contributed by atoms with Gasteiger partial charge in [0.1, 0.15) is 17.1 Å². The van der Waals surface area contributed by atoms with Crippen LogP contribution >= 0.6 is 0 Å². The maximum absolute atomic E-state index is 13.3. The Kier molecular flexibility index (Phi) is 6.49. The van der Waals surface area contributed by atoms with Gasteiger partial charge in [0.2, 0.25) is 0 Å². The van der Waals surface area contributed by atoms with Gasteiger partial charge in [-0.3, -0.25) is 9.69 Å². The molecule has 1 saturated heterocycles. The first-order valence-electron chi connectivity index (χ1n) is 10.6. The molecule has 12 heteroatoms. The summed E-state index contributed by atoms with van der Waals surface area (Å²) < 4.78 is 40.9. The Bertz CT molecular complexity index is 1180. The number of fused-ring (bicyclic) bond motifs is 1. The molecule has 3 heterocycles. The number of hydroxylamine groups is 1. The Morgan fingerprint density at radius 1 is 1.21 bits per heavy atom. The summed E-state index contributed by atoms with van der Waals surface area (Å²) in [5.41, 5.74) is 0.272. The Labute approximate surface area is 193 Å². The molecule has 2 aliphatic rings. The van der Waals surface area contributed by atoms with Crippen molar-refractivity contribution in [3.05, 3.63) is 40.7 Å². The van der Waals surface area contributed by atoms with Gasteiger partial charge in [0.15, 0.2) is 6.29 Å². The largest absolute Gasteiger partial charge is 0.493 e. The van der Waals surface area contributed by atoms with Crippen molar-refractivity contribution in [2.24, 2.45) is 7.05 Å². The predicted octanol–water partition coefficient (Wildman–Crippen LogP) is 1.31. The first-order valence-corrected chi connectivity index (χ1v) is 10.6. The lowest BCUT2D eigenvalue weighted by Crippen LogP contribution is -2.61. The van der Waals surface area contributed by atoms with Crippen LogP contribution < -0.4 is 20.8 Å². The molecule has 1 aromatic heterocycles. The van der Waals surface area contributed by atoms with E-state index in [0.717, 1.165) is 9.75 Å². The van der Waals surface area contributed by atoms with E-state index in [9.17, 15) is 22.8 Å². The molecule has 1 fully saturated rings. The van der Waals surface area contributed by atoms with Gasteiger partial charge < -0.3 is 15.1 Å². The number of aromatic nitrogens is 2. The highest BCUT2D eigenvalue weighted by molar-refractivity contribution is 5.89. The van der Waals surface area contributed by atoms with Crippen LogP contribution in [0.2, 0.25) is 0 Å². The molecular formula is C22H23F3N6O3. The molecule has 0 spiro atoms. The molecule has 2 aromatic rings. The van der Waals surface area contributed by atoms with Crippen molar-refractivity contribution in [2.75, 3.05) is 42.7 Å². The first kappa shape index (κ1) is 23.6. The van der Waals surface area contributed by atoms with Crippen LogP contribution in [-0.4, -0.2) is 65.8 Å². The van der Waals surface area contributed by atoms with E-state index in [-0.39, 0.29) is 23.6 Å². The highest BCUT2D eigenvalue weighted by atomic mass is 19.4. The zero-order valence-corrected chi connectivity index (χ0v) is 18.6. The number of nitrogens with zero attached hydrogens (tertiary/aromatic N) is 5. The lowest BCUT2D eigenvalue weighted by atomic mass is 10.1. The molecule has 0 bridgehead atoms. The van der Waals surface area contributed by atoms with E-state index >= 15 is 0 Å². The zero-order chi connectivity index (χ0) is 24.5. The smallest absolute Gasteiger partial charge is 0.329 e. The summed E-state index contributed by atoms with van der Waals surface area (Å²) in [6.45, 7) is 3.70. The van der Waals surface area contributed by atoms with E-state index in [1.165, 1.54) is 7.05 Å². The first-order chi connectivity index (χ1) is 16.2. The molecule has 0 aliphatic carbocycles. The minimum atomic E-state index is -5.23. The summed E-state index contributed by atoms with van der Waals surface area (Å²) in [6.07, 6.45) is -6.24. The van der Waals surface area contributed by atoms with E-state index in [1.54, 1.807) is 42.2 Å². The summed E-state index contributed by atoms with van der Waals surface area (Å²) in [6, 6.07) is 8.68. The summed E-state index contributed by atoms with van der Waals surface area (Å²) in [7, 11) is 1.46. The summed E-state index contributed by atoms with van der Waals surface area (Å²) >= 11 is 0. The van der Waals surface area contributed by atoms with Crippen LogP contribution in [0.4, 0.5) is 24.5 Å². The van der Waals surface area contributed by atoms with Gasteiger partial charge >= 0.3 is 12.1 Å². The van der Waals surface area contributed by atoms with Gasteiger partial charge in [0, 0.05) is 38.8 Å². The van der Waals surface area contributed by atoms with Crippen molar-refractivity contribution in [1.29, 1.82) is 0 Å². The number of hydrogen-bond donors (Lipinski definition) is 1. The Morgan fingerprint density at radius 3 is 2.50 bits per heavy atom. The van der Waals surface area contributed by atoms with Gasteiger partial charge in [-0.25, -0.2) is 9.48 Å². The quantitative estimate of drug-likeness (QED) is 0.662. The molecule has 1 unspecified atom stereocenters. The highest BCUT2D eigenvalue weighted by Crippen LogP contribution is 2.44. The average molecular weight is 476 g/mol. The number of piperazine rings is 1. The second-order valence-electron chi connectivity index (χ2n) is 7.73. The maximum Gasteiger partial charge on any atom is 0.493 e. The number of nitrogens with one attached hydrogen (secondary N) is 1. The summed E-state index contributed by atoms with van der Waals surface area (Å²) in [5, 5.41) is 8.37. The number of aryl methyl sites for hydroxylation is 1. The van der Waals surface area contributed by atoms with Gasteiger partial charge in [-0.15, -0.1) is 5.92 Å². The van der Waals surface area contributed by atoms with Gasteiger partial charge in [-0.2, -0.15) is 23.3 Å². The summed E-state index contributed by atoms with van der Waals surface area (Å²) in [4.78, 5) is 33.6. The monoisotopic (exact) mass is 476 g/mol. The van der Waals surface area contributed by atoms with Crippen LogP contribution in [0.5, 0.6) is 0 Å². The molecule has 0 radical (unpaired) electrons. The molecule has 1 aromatic carbocycles. The van der Waals surface area contributed by atoms with Crippen molar-refractivity contribution in [1.82, 2.24) is 20.0 Å². The molecule has 1 N–H and O–H groups in total. The van der Waals surface area contributed by atoms with Crippen molar-refractivity contribution in [2.45, 2.75) is 19.4 Å². The highest BCUT2D eigenvalue weighted by Gasteiger charge is 2.50. The average Bonchev–Trinajstić information content (AvgIpc) is 3.14. The third-order valence-electron chi connectivity index (χ3n) is 5.56. The Balaban J connectivity index is 1.97. The Morgan fingerprint density at radius 2 is 1.88 bits per heavy atom. The van der Waals surface area contributed by atoms with Crippen molar-refractivity contribution >= 4 is 17.3 Å². The molecule has 0 saturated carbocycles. The fourth-order valence-corrected chi connectivity index (χ4v) is 4.04. The summed E-state index contributed by atoms with van der Waals surface area (Å²) in [5.74, 6) is 3.25. The van der Waals surface area contributed by atoms with E-state index in [0.29, 0.717) is 31.7 Å². The zero-order valence-electron chi connectivity index (χ0n) is 18.6. The minimum Gasteiger partial charge on any atom is -0.329 e. The number of carbonyl (C=O) groups excluding carboxylic acids is 1.